The summed E-state index contributed by atoms with van der Waals surface area (Å²) in [4.78, 5) is -0.198. The molecule has 0 atom stereocenters. The minimum absolute atomic E-state index is 0.0427. The molecule has 7 nitrogen and oxygen atoms in total. The van der Waals surface area contributed by atoms with Gasteiger partial charge in [0.05, 0.1) is 16.4 Å². The van der Waals surface area contributed by atoms with Crippen LogP contribution in [0.1, 0.15) is 58.3 Å². The molecule has 1 N–H and O–H groups in total. The lowest BCUT2D eigenvalue weighted by atomic mass is 10.1. The lowest BCUT2D eigenvalue weighted by Crippen LogP contribution is -2.07. The van der Waals surface area contributed by atoms with Gasteiger partial charge in [-0.25, -0.2) is 0 Å². The second-order valence-electron chi connectivity index (χ2n) is 7.27. The standard InChI is InChI=1S/C22H30O7S2/c1-2-3-4-5-6-7-8-9-18-28-31(26,27)22-16-12-20(13-17-22)29-19-10-14-21(15-11-19)30(23,24)25/h10-17H,2-9,18H2,1H3,(H,23,24,25). The van der Waals surface area contributed by atoms with E-state index < -0.39 is 20.2 Å². The molecular weight excluding hydrogens is 440 g/mol. The lowest BCUT2D eigenvalue weighted by Gasteiger charge is -2.08. The Balaban J connectivity index is 1.79. The third-order valence-corrected chi connectivity index (χ3v) is 6.90. The number of benzene rings is 2. The molecule has 172 valence electrons. The summed E-state index contributed by atoms with van der Waals surface area (Å²) in [5, 5.41) is 0. The molecule has 0 bridgehead atoms. The van der Waals surface area contributed by atoms with Gasteiger partial charge in [-0.15, -0.1) is 0 Å². The van der Waals surface area contributed by atoms with Crippen LogP contribution in [0.25, 0.3) is 0 Å². The van der Waals surface area contributed by atoms with Crippen molar-refractivity contribution >= 4 is 20.2 Å². The molecule has 0 spiro atoms. The van der Waals surface area contributed by atoms with E-state index >= 15 is 0 Å². The second kappa shape index (κ2) is 12.2. The van der Waals surface area contributed by atoms with Gasteiger partial charge < -0.3 is 4.74 Å². The van der Waals surface area contributed by atoms with Gasteiger partial charge in [0.1, 0.15) is 11.5 Å². The molecule has 31 heavy (non-hydrogen) atoms. The maximum absolute atomic E-state index is 12.3. The first-order chi connectivity index (χ1) is 14.7. The van der Waals surface area contributed by atoms with Crippen molar-refractivity contribution in [1.29, 1.82) is 0 Å². The number of rotatable bonds is 14. The molecule has 0 saturated carbocycles. The Labute approximate surface area is 185 Å². The fourth-order valence-electron chi connectivity index (χ4n) is 2.96. The maximum Gasteiger partial charge on any atom is 0.296 e. The third kappa shape index (κ3) is 8.98. The smallest absolute Gasteiger partial charge is 0.296 e. The first-order valence-electron chi connectivity index (χ1n) is 10.5. The minimum atomic E-state index is -4.27. The minimum Gasteiger partial charge on any atom is -0.457 e. The molecule has 0 fully saturated rings. The van der Waals surface area contributed by atoms with Crippen molar-refractivity contribution in [2.24, 2.45) is 0 Å². The van der Waals surface area contributed by atoms with Crippen molar-refractivity contribution in [3.8, 4) is 11.5 Å². The molecule has 0 aromatic heterocycles. The number of hydrogen-bond acceptors (Lipinski definition) is 6. The average molecular weight is 471 g/mol. The van der Waals surface area contributed by atoms with Crippen LogP contribution in [0.3, 0.4) is 0 Å². The normalized spacial score (nSPS) is 12.1. The molecule has 0 aliphatic carbocycles. The molecule has 0 heterocycles. The van der Waals surface area contributed by atoms with Gasteiger partial charge >= 0.3 is 0 Å². The number of ether oxygens (including phenoxy) is 1. The van der Waals surface area contributed by atoms with E-state index in [0.717, 1.165) is 12.8 Å². The Morgan fingerprint density at radius 3 is 1.61 bits per heavy atom. The molecule has 2 aromatic rings. The van der Waals surface area contributed by atoms with E-state index in [4.69, 9.17) is 13.5 Å². The Hall–Kier alpha value is -1.94. The topological polar surface area (TPSA) is 107 Å². The highest BCUT2D eigenvalue weighted by Crippen LogP contribution is 2.25. The Morgan fingerprint density at radius 1 is 0.677 bits per heavy atom. The summed E-state index contributed by atoms with van der Waals surface area (Å²) < 4.78 is 66.4. The predicted molar refractivity (Wildman–Crippen MR) is 119 cm³/mol. The fraction of sp³-hybridized carbons (Fsp3) is 0.455. The van der Waals surface area contributed by atoms with E-state index in [1.807, 2.05) is 0 Å². The van der Waals surface area contributed by atoms with Crippen molar-refractivity contribution < 1.29 is 30.3 Å². The van der Waals surface area contributed by atoms with E-state index in [-0.39, 0.29) is 16.4 Å². The third-order valence-electron chi connectivity index (χ3n) is 4.71. The highest BCUT2D eigenvalue weighted by Gasteiger charge is 2.15. The Kier molecular flexibility index (Phi) is 9.95. The van der Waals surface area contributed by atoms with Gasteiger partial charge in [0, 0.05) is 0 Å². The summed E-state index contributed by atoms with van der Waals surface area (Å²) in [7, 11) is -8.10. The van der Waals surface area contributed by atoms with Gasteiger partial charge in [0.2, 0.25) is 0 Å². The van der Waals surface area contributed by atoms with Crippen LogP contribution in [-0.4, -0.2) is 28.0 Å². The highest BCUT2D eigenvalue weighted by atomic mass is 32.2. The SMILES string of the molecule is CCCCCCCCCCOS(=O)(=O)c1ccc(Oc2ccc(S(=O)(=O)O)cc2)cc1. The average Bonchev–Trinajstić information content (AvgIpc) is 2.73. The molecule has 0 aliphatic rings. The second-order valence-corrected chi connectivity index (χ2v) is 10.3. The Bertz CT molecular complexity index is 997. The molecule has 9 heteroatoms. The van der Waals surface area contributed by atoms with E-state index in [1.165, 1.54) is 80.6 Å². The van der Waals surface area contributed by atoms with Crippen LogP contribution in [0.15, 0.2) is 58.3 Å². The van der Waals surface area contributed by atoms with Crippen LogP contribution in [-0.2, 0) is 24.4 Å². The quantitative estimate of drug-likeness (QED) is 0.218. The van der Waals surface area contributed by atoms with Crippen LogP contribution in [0.2, 0.25) is 0 Å². The molecule has 2 aromatic carbocycles. The van der Waals surface area contributed by atoms with Crippen molar-refractivity contribution in [3.63, 3.8) is 0 Å². The van der Waals surface area contributed by atoms with Crippen molar-refractivity contribution in [3.05, 3.63) is 48.5 Å². The molecule has 0 unspecified atom stereocenters. The van der Waals surface area contributed by atoms with Crippen molar-refractivity contribution in [2.45, 2.75) is 68.1 Å². The number of hydrogen-bond donors (Lipinski definition) is 1. The van der Waals surface area contributed by atoms with Crippen molar-refractivity contribution in [1.82, 2.24) is 0 Å². The number of unbranched alkanes of at least 4 members (excludes halogenated alkanes) is 7. The zero-order valence-corrected chi connectivity index (χ0v) is 19.3. The summed E-state index contributed by atoms with van der Waals surface area (Å²) in [6, 6.07) is 11.0. The maximum atomic E-state index is 12.3. The molecular formula is C22H30O7S2. The molecule has 0 saturated heterocycles. The fourth-order valence-corrected chi connectivity index (χ4v) is 4.39. The molecule has 0 radical (unpaired) electrons. The van der Waals surface area contributed by atoms with E-state index in [2.05, 4.69) is 6.92 Å². The summed E-state index contributed by atoms with van der Waals surface area (Å²) in [5.41, 5.74) is 0. The lowest BCUT2D eigenvalue weighted by molar-refractivity contribution is 0.306. The van der Waals surface area contributed by atoms with E-state index in [0.29, 0.717) is 17.9 Å². The van der Waals surface area contributed by atoms with Gasteiger partial charge in [-0.2, -0.15) is 16.8 Å². The highest BCUT2D eigenvalue weighted by molar-refractivity contribution is 7.86. The van der Waals surface area contributed by atoms with Gasteiger partial charge in [-0.05, 0) is 55.0 Å². The molecule has 2 rings (SSSR count). The summed E-state index contributed by atoms with van der Waals surface area (Å²) in [6.45, 7) is 2.35. The summed E-state index contributed by atoms with van der Waals surface area (Å²) in [5.74, 6) is 0.718. The van der Waals surface area contributed by atoms with Gasteiger partial charge in [0.15, 0.2) is 0 Å². The zero-order valence-electron chi connectivity index (χ0n) is 17.7. The van der Waals surface area contributed by atoms with Crippen LogP contribution in [0.5, 0.6) is 11.5 Å². The monoisotopic (exact) mass is 470 g/mol. The largest absolute Gasteiger partial charge is 0.457 e. The first-order valence-corrected chi connectivity index (χ1v) is 13.3. The Morgan fingerprint density at radius 2 is 1.13 bits per heavy atom. The predicted octanol–water partition coefficient (Wildman–Crippen LogP) is 5.57. The van der Waals surface area contributed by atoms with Gasteiger partial charge in [-0.1, -0.05) is 51.9 Å². The summed E-state index contributed by atoms with van der Waals surface area (Å²) >= 11 is 0. The van der Waals surface area contributed by atoms with Gasteiger partial charge in [-0.3, -0.25) is 8.74 Å². The van der Waals surface area contributed by atoms with Crippen LogP contribution < -0.4 is 4.74 Å². The molecule has 0 aliphatic heterocycles. The van der Waals surface area contributed by atoms with E-state index in [9.17, 15) is 16.8 Å². The zero-order chi connectivity index (χ0) is 22.7. The van der Waals surface area contributed by atoms with Crippen LogP contribution in [0, 0.1) is 0 Å². The van der Waals surface area contributed by atoms with Crippen LogP contribution >= 0.6 is 0 Å². The van der Waals surface area contributed by atoms with Crippen LogP contribution in [0.4, 0.5) is 0 Å². The van der Waals surface area contributed by atoms with E-state index in [1.54, 1.807) is 0 Å². The van der Waals surface area contributed by atoms with Gasteiger partial charge in [0.25, 0.3) is 20.2 Å². The molecule has 0 amide bonds. The first kappa shape index (κ1) is 25.3. The van der Waals surface area contributed by atoms with Crippen molar-refractivity contribution in [2.75, 3.05) is 6.61 Å². The summed E-state index contributed by atoms with van der Waals surface area (Å²) in [6.07, 6.45) is 8.90.